The van der Waals surface area contributed by atoms with Gasteiger partial charge in [-0.2, -0.15) is 0 Å². The number of nitro benzene ring substituents is 2. The smallest absolute Gasteiger partial charge is 0.299 e. The molecule has 8 nitrogen and oxygen atoms in total. The fourth-order valence-corrected chi connectivity index (χ4v) is 3.15. The summed E-state index contributed by atoms with van der Waals surface area (Å²) in [4.78, 5) is 22.8. The lowest BCUT2D eigenvalue weighted by molar-refractivity contribution is -0.393. The first-order valence-corrected chi connectivity index (χ1v) is 8.42. The summed E-state index contributed by atoms with van der Waals surface area (Å²) in [5.74, 6) is 0.619. The third-order valence-electron chi connectivity index (χ3n) is 4.28. The molecule has 0 unspecified atom stereocenters. The third-order valence-corrected chi connectivity index (χ3v) is 4.59. The van der Waals surface area contributed by atoms with Crippen LogP contribution in [0.1, 0.15) is 12.8 Å². The van der Waals surface area contributed by atoms with Crippen LogP contribution in [0.25, 0.3) is 0 Å². The molecule has 0 amide bonds. The molecule has 2 aromatic rings. The lowest BCUT2D eigenvalue weighted by atomic mass is 10.1. The van der Waals surface area contributed by atoms with Gasteiger partial charge in [-0.15, -0.1) is 0 Å². The standard InChI is InChI=1S/C17H16ClN3O5/c18-14-3-1-2-4-17(14)26-13-7-9-19(10-8-13)15-6-5-12(20(22)23)11-16(15)21(24)25/h1-6,11,13H,7-10H2. The van der Waals surface area contributed by atoms with Gasteiger partial charge in [0.1, 0.15) is 17.5 Å². The number of halogens is 1. The zero-order valence-electron chi connectivity index (χ0n) is 13.7. The molecular formula is C17H16ClN3O5. The highest BCUT2D eigenvalue weighted by Gasteiger charge is 2.27. The average molecular weight is 378 g/mol. The van der Waals surface area contributed by atoms with E-state index in [1.165, 1.54) is 12.1 Å². The topological polar surface area (TPSA) is 98.8 Å². The van der Waals surface area contributed by atoms with E-state index in [9.17, 15) is 20.2 Å². The van der Waals surface area contributed by atoms with Crippen LogP contribution in [0.3, 0.4) is 0 Å². The average Bonchev–Trinajstić information content (AvgIpc) is 2.63. The van der Waals surface area contributed by atoms with Crippen molar-refractivity contribution < 1.29 is 14.6 Å². The Labute approximate surface area is 154 Å². The lowest BCUT2D eigenvalue weighted by Crippen LogP contribution is -2.38. The zero-order chi connectivity index (χ0) is 18.7. The quantitative estimate of drug-likeness (QED) is 0.571. The van der Waals surface area contributed by atoms with Gasteiger partial charge in [0.05, 0.1) is 20.9 Å². The Morgan fingerprint density at radius 3 is 2.35 bits per heavy atom. The first kappa shape index (κ1) is 17.9. The molecular weight excluding hydrogens is 362 g/mol. The monoisotopic (exact) mass is 377 g/mol. The van der Waals surface area contributed by atoms with E-state index in [1.54, 1.807) is 12.1 Å². The summed E-state index contributed by atoms with van der Waals surface area (Å²) in [7, 11) is 0. The van der Waals surface area contributed by atoms with Gasteiger partial charge in [-0.05, 0) is 18.2 Å². The molecule has 1 fully saturated rings. The second-order valence-corrected chi connectivity index (χ2v) is 6.33. The Kier molecular flexibility index (Phi) is 5.22. The molecule has 1 aliphatic rings. The molecule has 0 aliphatic carbocycles. The van der Waals surface area contributed by atoms with E-state index in [0.717, 1.165) is 6.07 Å². The van der Waals surface area contributed by atoms with Crippen LogP contribution in [0.2, 0.25) is 5.02 Å². The molecule has 2 aromatic carbocycles. The van der Waals surface area contributed by atoms with Gasteiger partial charge >= 0.3 is 0 Å². The zero-order valence-corrected chi connectivity index (χ0v) is 14.5. The van der Waals surface area contributed by atoms with E-state index in [4.69, 9.17) is 16.3 Å². The number of nitro groups is 2. The molecule has 0 atom stereocenters. The van der Waals surface area contributed by atoms with E-state index in [-0.39, 0.29) is 17.5 Å². The number of hydrogen-bond acceptors (Lipinski definition) is 6. The first-order valence-electron chi connectivity index (χ1n) is 8.04. The van der Waals surface area contributed by atoms with Gasteiger partial charge in [0.2, 0.25) is 0 Å². The molecule has 136 valence electrons. The van der Waals surface area contributed by atoms with E-state index >= 15 is 0 Å². The Morgan fingerprint density at radius 1 is 1.04 bits per heavy atom. The van der Waals surface area contributed by atoms with Gasteiger partial charge in [-0.3, -0.25) is 20.2 Å². The molecule has 1 saturated heterocycles. The SMILES string of the molecule is O=[N+]([O-])c1ccc(N2CCC(Oc3ccccc3Cl)CC2)c([N+](=O)[O-])c1. The van der Waals surface area contributed by atoms with E-state index in [0.29, 0.717) is 42.4 Å². The van der Waals surface area contributed by atoms with Gasteiger partial charge in [0, 0.05) is 32.0 Å². The number of nitrogens with zero attached hydrogens (tertiary/aromatic N) is 3. The van der Waals surface area contributed by atoms with Crippen molar-refractivity contribution in [1.29, 1.82) is 0 Å². The maximum Gasteiger partial charge on any atom is 0.299 e. The van der Waals surface area contributed by atoms with Crippen molar-refractivity contribution >= 4 is 28.7 Å². The number of benzene rings is 2. The fourth-order valence-electron chi connectivity index (χ4n) is 2.97. The summed E-state index contributed by atoms with van der Waals surface area (Å²) >= 11 is 6.10. The highest BCUT2D eigenvalue weighted by Crippen LogP contribution is 2.34. The second-order valence-electron chi connectivity index (χ2n) is 5.92. The van der Waals surface area contributed by atoms with Crippen molar-refractivity contribution in [3.05, 3.63) is 67.7 Å². The molecule has 0 spiro atoms. The predicted molar refractivity (Wildman–Crippen MR) is 97.1 cm³/mol. The van der Waals surface area contributed by atoms with Crippen molar-refractivity contribution in [3.8, 4) is 5.75 Å². The summed E-state index contributed by atoms with van der Waals surface area (Å²) in [6.45, 7) is 1.10. The van der Waals surface area contributed by atoms with Gasteiger partial charge < -0.3 is 9.64 Å². The van der Waals surface area contributed by atoms with Crippen LogP contribution in [0, 0.1) is 20.2 Å². The summed E-state index contributed by atoms with van der Waals surface area (Å²) < 4.78 is 5.92. The van der Waals surface area contributed by atoms with Crippen LogP contribution in [-0.2, 0) is 0 Å². The van der Waals surface area contributed by atoms with Crippen molar-refractivity contribution in [2.24, 2.45) is 0 Å². The fraction of sp³-hybridized carbons (Fsp3) is 0.294. The number of para-hydroxylation sites is 1. The van der Waals surface area contributed by atoms with E-state index in [2.05, 4.69) is 0 Å². The molecule has 0 saturated carbocycles. The Bertz CT molecular complexity index is 837. The van der Waals surface area contributed by atoms with Crippen LogP contribution < -0.4 is 9.64 Å². The maximum atomic E-state index is 11.3. The summed E-state index contributed by atoms with van der Waals surface area (Å²) in [6, 6.07) is 11.0. The first-order chi connectivity index (χ1) is 12.5. The minimum absolute atomic E-state index is 0.0387. The number of hydrogen-bond donors (Lipinski definition) is 0. The molecule has 0 radical (unpaired) electrons. The molecule has 26 heavy (non-hydrogen) atoms. The van der Waals surface area contributed by atoms with Gasteiger partial charge in [-0.1, -0.05) is 23.7 Å². The number of rotatable bonds is 5. The van der Waals surface area contributed by atoms with Crippen LogP contribution in [0.15, 0.2) is 42.5 Å². The Hall–Kier alpha value is -2.87. The van der Waals surface area contributed by atoms with Crippen LogP contribution in [-0.4, -0.2) is 29.0 Å². The molecule has 0 aromatic heterocycles. The molecule has 1 aliphatic heterocycles. The Morgan fingerprint density at radius 2 is 1.73 bits per heavy atom. The summed E-state index contributed by atoms with van der Waals surface area (Å²) in [5.41, 5.74) is -0.168. The predicted octanol–water partition coefficient (Wildman–Crippen LogP) is 4.20. The molecule has 0 N–H and O–H groups in total. The normalized spacial score (nSPS) is 14.9. The molecule has 0 bridgehead atoms. The summed E-state index contributed by atoms with van der Waals surface area (Å²) in [6.07, 6.45) is 1.29. The van der Waals surface area contributed by atoms with Crippen molar-refractivity contribution in [2.45, 2.75) is 18.9 Å². The minimum Gasteiger partial charge on any atom is -0.489 e. The van der Waals surface area contributed by atoms with Crippen molar-refractivity contribution in [1.82, 2.24) is 0 Å². The lowest BCUT2D eigenvalue weighted by Gasteiger charge is -2.33. The van der Waals surface area contributed by atoms with Gasteiger partial charge in [0.15, 0.2) is 0 Å². The molecule has 3 rings (SSSR count). The Balaban J connectivity index is 1.71. The number of anilines is 1. The van der Waals surface area contributed by atoms with Crippen molar-refractivity contribution in [2.75, 3.05) is 18.0 Å². The molecule has 1 heterocycles. The molecule has 9 heteroatoms. The number of non-ortho nitro benzene ring substituents is 1. The van der Waals surface area contributed by atoms with Crippen molar-refractivity contribution in [3.63, 3.8) is 0 Å². The number of piperidine rings is 1. The maximum absolute atomic E-state index is 11.3. The number of ether oxygens (including phenoxy) is 1. The largest absolute Gasteiger partial charge is 0.489 e. The van der Waals surface area contributed by atoms with Gasteiger partial charge in [-0.25, -0.2) is 0 Å². The van der Waals surface area contributed by atoms with Crippen LogP contribution in [0.4, 0.5) is 17.1 Å². The van der Waals surface area contributed by atoms with Crippen LogP contribution in [0.5, 0.6) is 5.75 Å². The van der Waals surface area contributed by atoms with Crippen LogP contribution >= 0.6 is 11.6 Å². The van der Waals surface area contributed by atoms with E-state index in [1.807, 2.05) is 17.0 Å². The highest BCUT2D eigenvalue weighted by atomic mass is 35.5. The third kappa shape index (κ3) is 3.85. The van der Waals surface area contributed by atoms with Gasteiger partial charge in [0.25, 0.3) is 11.4 Å². The summed E-state index contributed by atoms with van der Waals surface area (Å²) in [5, 5.41) is 22.7. The minimum atomic E-state index is -0.638. The van der Waals surface area contributed by atoms with E-state index < -0.39 is 9.85 Å². The second kappa shape index (κ2) is 7.57. The highest BCUT2D eigenvalue weighted by molar-refractivity contribution is 6.32.